The lowest BCUT2D eigenvalue weighted by molar-refractivity contribution is 0.0693. The summed E-state index contributed by atoms with van der Waals surface area (Å²) in [5.74, 6) is 0.781. The van der Waals surface area contributed by atoms with Crippen molar-refractivity contribution in [3.8, 4) is 0 Å². The Morgan fingerprint density at radius 1 is 1.07 bits per heavy atom. The Labute approximate surface area is 175 Å². The summed E-state index contributed by atoms with van der Waals surface area (Å²) < 4.78 is 7.74. The Kier molecular flexibility index (Phi) is 5.48. The van der Waals surface area contributed by atoms with Crippen molar-refractivity contribution in [3.05, 3.63) is 42.0 Å². The van der Waals surface area contributed by atoms with Crippen LogP contribution in [0.2, 0.25) is 0 Å². The van der Waals surface area contributed by atoms with Gasteiger partial charge in [0.1, 0.15) is 5.52 Å². The molecule has 4 heterocycles. The fraction of sp³-hybridized carbons (Fsp3) is 0.545. The average Bonchev–Trinajstić information content (AvgIpc) is 3.45. The first-order chi connectivity index (χ1) is 14.8. The van der Waals surface area contributed by atoms with Crippen LogP contribution in [0.4, 0.5) is 0 Å². The van der Waals surface area contributed by atoms with E-state index in [1.54, 1.807) is 10.9 Å². The predicted octanol–water partition coefficient (Wildman–Crippen LogP) is 2.93. The van der Waals surface area contributed by atoms with E-state index in [4.69, 9.17) is 4.42 Å². The van der Waals surface area contributed by atoms with Crippen LogP contribution in [0.3, 0.4) is 0 Å². The highest BCUT2D eigenvalue weighted by Gasteiger charge is 2.29. The summed E-state index contributed by atoms with van der Waals surface area (Å²) in [4.78, 5) is 22.0. The van der Waals surface area contributed by atoms with Gasteiger partial charge in [0.2, 0.25) is 0 Å². The van der Waals surface area contributed by atoms with E-state index >= 15 is 0 Å². The highest BCUT2D eigenvalue weighted by Crippen LogP contribution is 2.29. The molecule has 2 fully saturated rings. The summed E-state index contributed by atoms with van der Waals surface area (Å²) in [5, 5.41) is 8.34. The number of rotatable bonds is 5. The molecule has 2 saturated heterocycles. The number of likely N-dealkylation sites (tertiary alicyclic amines) is 2. The number of oxazole rings is 1. The number of carbonyl (C=O) groups excluding carboxylic acids is 1. The van der Waals surface area contributed by atoms with Crippen molar-refractivity contribution >= 4 is 17.0 Å². The molecule has 3 aromatic rings. The Hall–Kier alpha value is -2.74. The lowest BCUT2D eigenvalue weighted by Gasteiger charge is -2.30. The largest absolute Gasteiger partial charge is 0.440 e. The number of aromatic nitrogens is 4. The molecule has 0 aliphatic carbocycles. The van der Waals surface area contributed by atoms with E-state index in [0.29, 0.717) is 12.2 Å². The van der Waals surface area contributed by atoms with Gasteiger partial charge in [0.15, 0.2) is 17.2 Å². The van der Waals surface area contributed by atoms with E-state index in [2.05, 4.69) is 20.2 Å². The first-order valence-electron chi connectivity index (χ1n) is 11.0. The number of fused-ring (bicyclic) bond motifs is 1. The van der Waals surface area contributed by atoms with Crippen LogP contribution in [0.25, 0.3) is 11.1 Å². The maximum absolute atomic E-state index is 13.0. The van der Waals surface area contributed by atoms with E-state index in [-0.39, 0.29) is 11.8 Å². The summed E-state index contributed by atoms with van der Waals surface area (Å²) >= 11 is 0. The number of hydrogen-bond donors (Lipinski definition) is 0. The molecular formula is C22H28N6O2. The van der Waals surface area contributed by atoms with Gasteiger partial charge in [0.05, 0.1) is 18.7 Å². The Balaban J connectivity index is 1.22. The molecule has 0 radical (unpaired) electrons. The molecule has 2 aliphatic rings. The summed E-state index contributed by atoms with van der Waals surface area (Å²) in [5.41, 5.74) is 2.09. The molecule has 1 aromatic carbocycles. The number of piperidine rings is 2. The summed E-state index contributed by atoms with van der Waals surface area (Å²) in [6, 6.07) is 7.79. The SMILES string of the molecule is O=C(c1cn(CCN2CCCCC2)nn1)N1CCC[C@@H](c2nc3ccccc3o2)C1. The molecular weight excluding hydrogens is 380 g/mol. The number of amides is 1. The molecule has 2 aliphatic heterocycles. The van der Waals surface area contributed by atoms with Crippen molar-refractivity contribution < 1.29 is 9.21 Å². The Morgan fingerprint density at radius 2 is 1.93 bits per heavy atom. The van der Waals surface area contributed by atoms with Crippen molar-refractivity contribution in [2.24, 2.45) is 0 Å². The molecule has 1 atom stereocenters. The maximum Gasteiger partial charge on any atom is 0.276 e. The number of hydrogen-bond acceptors (Lipinski definition) is 6. The van der Waals surface area contributed by atoms with Gasteiger partial charge >= 0.3 is 0 Å². The molecule has 0 N–H and O–H groups in total. The molecule has 0 bridgehead atoms. The van der Waals surface area contributed by atoms with E-state index < -0.39 is 0 Å². The normalized spacial score (nSPS) is 20.7. The standard InChI is InChI=1S/C22H28N6O2/c29-22(19-16-28(25-24-19)14-13-26-10-4-1-5-11-26)27-12-6-7-17(15-27)21-23-18-8-2-3-9-20(18)30-21/h2-3,8-9,16-17H,1,4-7,10-15H2/t17-/m1/s1. The minimum atomic E-state index is -0.0555. The van der Waals surface area contributed by atoms with Crippen molar-refractivity contribution in [2.75, 3.05) is 32.7 Å². The molecule has 8 nitrogen and oxygen atoms in total. The molecule has 0 saturated carbocycles. The van der Waals surface area contributed by atoms with Crippen LogP contribution in [0.1, 0.15) is 54.4 Å². The fourth-order valence-corrected chi connectivity index (χ4v) is 4.52. The molecule has 158 valence electrons. The average molecular weight is 409 g/mol. The second kappa shape index (κ2) is 8.55. The molecule has 30 heavy (non-hydrogen) atoms. The summed E-state index contributed by atoms with van der Waals surface area (Å²) in [6.45, 7) is 5.38. The number of carbonyl (C=O) groups is 1. The van der Waals surface area contributed by atoms with Gasteiger partial charge in [0.25, 0.3) is 5.91 Å². The van der Waals surface area contributed by atoms with Crippen LogP contribution >= 0.6 is 0 Å². The minimum absolute atomic E-state index is 0.0555. The van der Waals surface area contributed by atoms with Gasteiger partial charge in [0, 0.05) is 19.6 Å². The molecule has 5 rings (SSSR count). The predicted molar refractivity (Wildman–Crippen MR) is 112 cm³/mol. The van der Waals surface area contributed by atoms with Crippen LogP contribution in [-0.2, 0) is 6.54 Å². The Morgan fingerprint density at radius 3 is 2.80 bits per heavy atom. The zero-order chi connectivity index (χ0) is 20.3. The molecule has 8 heteroatoms. The van der Waals surface area contributed by atoms with Gasteiger partial charge in [-0.2, -0.15) is 0 Å². The van der Waals surface area contributed by atoms with E-state index in [1.165, 1.54) is 19.3 Å². The smallest absolute Gasteiger partial charge is 0.276 e. The second-order valence-corrected chi connectivity index (χ2v) is 8.38. The third kappa shape index (κ3) is 4.09. The van der Waals surface area contributed by atoms with Crippen LogP contribution in [0.5, 0.6) is 0 Å². The minimum Gasteiger partial charge on any atom is -0.440 e. The number of nitrogens with zero attached hydrogens (tertiary/aromatic N) is 6. The second-order valence-electron chi connectivity index (χ2n) is 8.38. The van der Waals surface area contributed by atoms with Crippen LogP contribution < -0.4 is 0 Å². The van der Waals surface area contributed by atoms with Gasteiger partial charge in [-0.25, -0.2) is 4.98 Å². The highest BCUT2D eigenvalue weighted by atomic mass is 16.3. The third-order valence-electron chi connectivity index (χ3n) is 6.22. The third-order valence-corrected chi connectivity index (χ3v) is 6.22. The number of benzene rings is 1. The van der Waals surface area contributed by atoms with Gasteiger partial charge in [-0.1, -0.05) is 23.8 Å². The zero-order valence-corrected chi connectivity index (χ0v) is 17.2. The topological polar surface area (TPSA) is 80.3 Å². The molecule has 2 aromatic heterocycles. The zero-order valence-electron chi connectivity index (χ0n) is 17.2. The van der Waals surface area contributed by atoms with Crippen LogP contribution in [0.15, 0.2) is 34.9 Å². The summed E-state index contributed by atoms with van der Waals surface area (Å²) in [7, 11) is 0. The van der Waals surface area contributed by atoms with Crippen molar-refractivity contribution in [1.29, 1.82) is 0 Å². The van der Waals surface area contributed by atoms with Crippen molar-refractivity contribution in [1.82, 2.24) is 29.8 Å². The first kappa shape index (κ1) is 19.2. The van der Waals surface area contributed by atoms with Gasteiger partial charge in [-0.15, -0.1) is 5.10 Å². The highest BCUT2D eigenvalue weighted by molar-refractivity contribution is 5.92. The molecule has 0 spiro atoms. The maximum atomic E-state index is 13.0. The quantitative estimate of drug-likeness (QED) is 0.646. The van der Waals surface area contributed by atoms with E-state index in [1.807, 2.05) is 29.2 Å². The van der Waals surface area contributed by atoms with E-state index in [0.717, 1.165) is 62.6 Å². The van der Waals surface area contributed by atoms with Gasteiger partial charge in [-0.3, -0.25) is 9.48 Å². The number of para-hydroxylation sites is 2. The molecule has 1 amide bonds. The van der Waals surface area contributed by atoms with Crippen LogP contribution in [-0.4, -0.2) is 68.4 Å². The fourth-order valence-electron chi connectivity index (χ4n) is 4.52. The summed E-state index contributed by atoms with van der Waals surface area (Å²) in [6.07, 6.45) is 7.57. The van der Waals surface area contributed by atoms with Crippen LogP contribution in [0, 0.1) is 0 Å². The van der Waals surface area contributed by atoms with Gasteiger partial charge in [-0.05, 0) is 50.9 Å². The lowest BCUT2D eigenvalue weighted by Crippen LogP contribution is -2.39. The lowest BCUT2D eigenvalue weighted by atomic mass is 9.98. The molecule has 0 unspecified atom stereocenters. The first-order valence-corrected chi connectivity index (χ1v) is 11.0. The monoisotopic (exact) mass is 408 g/mol. The van der Waals surface area contributed by atoms with Crippen molar-refractivity contribution in [3.63, 3.8) is 0 Å². The van der Waals surface area contributed by atoms with Crippen molar-refractivity contribution in [2.45, 2.75) is 44.6 Å². The van der Waals surface area contributed by atoms with E-state index in [9.17, 15) is 4.79 Å². The Bertz CT molecular complexity index is 973. The van der Waals surface area contributed by atoms with Gasteiger partial charge < -0.3 is 14.2 Å².